The van der Waals surface area contributed by atoms with E-state index < -0.39 is 12.2 Å². The largest absolute Gasteiger partial charge is 0.485 e. The van der Waals surface area contributed by atoms with Gasteiger partial charge < -0.3 is 24.8 Å². The average molecular weight is 263 g/mol. The number of aliphatic hydroxyl groups excluding tert-OH is 1. The molecule has 7 nitrogen and oxygen atoms in total. The van der Waals surface area contributed by atoms with E-state index in [1.54, 1.807) is 6.07 Å². The molecule has 0 radical (unpaired) electrons. The quantitative estimate of drug-likeness (QED) is 0.834. The van der Waals surface area contributed by atoms with Gasteiger partial charge in [0, 0.05) is 6.54 Å². The Bertz CT molecular complexity index is 572. The van der Waals surface area contributed by atoms with E-state index in [1.165, 1.54) is 0 Å². The summed E-state index contributed by atoms with van der Waals surface area (Å²) >= 11 is 0. The van der Waals surface area contributed by atoms with E-state index in [2.05, 4.69) is 10.1 Å². The van der Waals surface area contributed by atoms with Crippen LogP contribution in [-0.4, -0.2) is 28.4 Å². The standard InChI is InChI=1S/C12H13N3O4/c13-5-7(16)12-14-11(15-19-12)10-6-17-8-3-1-2-4-9(8)18-10/h1-4,7,10,16H,5-6,13H2. The maximum absolute atomic E-state index is 9.51. The second-order valence-corrected chi connectivity index (χ2v) is 4.11. The molecule has 3 N–H and O–H groups in total. The van der Waals surface area contributed by atoms with E-state index in [1.807, 2.05) is 18.2 Å². The number of nitrogens with zero attached hydrogens (tertiary/aromatic N) is 2. The number of fused-ring (bicyclic) bond motifs is 1. The van der Waals surface area contributed by atoms with Gasteiger partial charge in [0.05, 0.1) is 0 Å². The molecule has 1 aliphatic rings. The van der Waals surface area contributed by atoms with Crippen LogP contribution in [0.3, 0.4) is 0 Å². The van der Waals surface area contributed by atoms with Crippen LogP contribution in [0.5, 0.6) is 11.5 Å². The van der Waals surface area contributed by atoms with Gasteiger partial charge >= 0.3 is 0 Å². The van der Waals surface area contributed by atoms with Crippen LogP contribution in [0.4, 0.5) is 0 Å². The summed E-state index contributed by atoms with van der Waals surface area (Å²) in [7, 11) is 0. The van der Waals surface area contributed by atoms with E-state index in [-0.39, 0.29) is 19.0 Å². The van der Waals surface area contributed by atoms with Crippen molar-refractivity contribution in [3.8, 4) is 11.5 Å². The van der Waals surface area contributed by atoms with Crippen molar-refractivity contribution in [1.82, 2.24) is 10.1 Å². The van der Waals surface area contributed by atoms with Gasteiger partial charge in [0.2, 0.25) is 5.82 Å². The van der Waals surface area contributed by atoms with Crippen molar-refractivity contribution in [2.45, 2.75) is 12.2 Å². The molecule has 0 aliphatic carbocycles. The third kappa shape index (κ3) is 2.25. The highest BCUT2D eigenvalue weighted by molar-refractivity contribution is 5.40. The van der Waals surface area contributed by atoms with E-state index in [9.17, 15) is 5.11 Å². The summed E-state index contributed by atoms with van der Waals surface area (Å²) in [4.78, 5) is 4.06. The van der Waals surface area contributed by atoms with Gasteiger partial charge in [0.1, 0.15) is 12.7 Å². The molecule has 2 heterocycles. The van der Waals surface area contributed by atoms with Gasteiger partial charge in [0.15, 0.2) is 17.6 Å². The summed E-state index contributed by atoms with van der Waals surface area (Å²) in [6.07, 6.45) is -1.42. The van der Waals surface area contributed by atoms with Gasteiger partial charge in [-0.25, -0.2) is 0 Å². The molecule has 0 saturated heterocycles. The van der Waals surface area contributed by atoms with E-state index >= 15 is 0 Å². The van der Waals surface area contributed by atoms with Crippen LogP contribution in [-0.2, 0) is 0 Å². The molecule has 1 aromatic carbocycles. The van der Waals surface area contributed by atoms with Gasteiger partial charge in [-0.15, -0.1) is 0 Å². The van der Waals surface area contributed by atoms with Crippen molar-refractivity contribution in [3.63, 3.8) is 0 Å². The van der Waals surface area contributed by atoms with Crippen LogP contribution in [0, 0.1) is 0 Å². The molecule has 2 unspecified atom stereocenters. The molecule has 2 atom stereocenters. The molecular weight excluding hydrogens is 250 g/mol. The fourth-order valence-corrected chi connectivity index (χ4v) is 1.76. The predicted octanol–water partition coefficient (Wildman–Crippen LogP) is 0.574. The minimum atomic E-state index is -0.960. The predicted molar refractivity (Wildman–Crippen MR) is 63.6 cm³/mol. The zero-order valence-corrected chi connectivity index (χ0v) is 10.0. The first-order valence-corrected chi connectivity index (χ1v) is 5.88. The summed E-state index contributed by atoms with van der Waals surface area (Å²) < 4.78 is 16.2. The Morgan fingerprint density at radius 1 is 1.37 bits per heavy atom. The third-order valence-electron chi connectivity index (χ3n) is 2.76. The number of nitrogens with two attached hydrogens (primary N) is 1. The average Bonchev–Trinajstić information content (AvgIpc) is 2.95. The van der Waals surface area contributed by atoms with Gasteiger partial charge in [0.25, 0.3) is 5.89 Å². The van der Waals surface area contributed by atoms with Crippen molar-refractivity contribution in [2.75, 3.05) is 13.2 Å². The molecule has 0 fully saturated rings. The number of benzene rings is 1. The molecule has 0 bridgehead atoms. The molecule has 2 aromatic rings. The first kappa shape index (κ1) is 11.9. The van der Waals surface area contributed by atoms with Crippen molar-refractivity contribution in [2.24, 2.45) is 5.73 Å². The number of ether oxygens (including phenoxy) is 2. The van der Waals surface area contributed by atoms with Crippen LogP contribution in [0.25, 0.3) is 0 Å². The summed E-state index contributed by atoms with van der Waals surface area (Å²) in [6.45, 7) is 0.307. The molecule has 7 heteroatoms. The van der Waals surface area contributed by atoms with Gasteiger partial charge in [-0.1, -0.05) is 17.3 Å². The third-order valence-corrected chi connectivity index (χ3v) is 2.76. The number of para-hydroxylation sites is 2. The number of rotatable bonds is 3. The lowest BCUT2D eigenvalue weighted by Gasteiger charge is -2.24. The molecule has 0 amide bonds. The normalized spacial score (nSPS) is 19.2. The maximum atomic E-state index is 9.51. The molecule has 0 saturated carbocycles. The highest BCUT2D eigenvalue weighted by atomic mass is 16.6. The maximum Gasteiger partial charge on any atom is 0.256 e. The van der Waals surface area contributed by atoms with Crippen LogP contribution in [0.1, 0.15) is 23.9 Å². The number of hydrogen-bond donors (Lipinski definition) is 2. The van der Waals surface area contributed by atoms with Gasteiger partial charge in [-0.3, -0.25) is 0 Å². The second-order valence-electron chi connectivity index (χ2n) is 4.11. The Kier molecular flexibility index (Phi) is 3.06. The fourth-order valence-electron chi connectivity index (χ4n) is 1.76. The first-order chi connectivity index (χ1) is 9.28. The molecule has 100 valence electrons. The Labute approximate surface area is 108 Å². The highest BCUT2D eigenvalue weighted by Gasteiger charge is 2.27. The van der Waals surface area contributed by atoms with Crippen molar-refractivity contribution in [3.05, 3.63) is 36.0 Å². The summed E-state index contributed by atoms with van der Waals surface area (Å²) in [5.74, 6) is 1.73. The molecule has 1 aromatic heterocycles. The Morgan fingerprint density at radius 2 is 2.16 bits per heavy atom. The van der Waals surface area contributed by atoms with E-state index in [0.717, 1.165) is 0 Å². The first-order valence-electron chi connectivity index (χ1n) is 5.88. The van der Waals surface area contributed by atoms with E-state index in [4.69, 9.17) is 19.7 Å². The van der Waals surface area contributed by atoms with Crippen LogP contribution < -0.4 is 15.2 Å². The van der Waals surface area contributed by atoms with Crippen molar-refractivity contribution in [1.29, 1.82) is 0 Å². The second kappa shape index (κ2) is 4.87. The number of aliphatic hydroxyl groups is 1. The van der Waals surface area contributed by atoms with Gasteiger partial charge in [-0.05, 0) is 12.1 Å². The summed E-state index contributed by atoms with van der Waals surface area (Å²) in [6, 6.07) is 7.35. The Morgan fingerprint density at radius 3 is 2.95 bits per heavy atom. The van der Waals surface area contributed by atoms with Crippen LogP contribution in [0.15, 0.2) is 28.8 Å². The van der Waals surface area contributed by atoms with Crippen molar-refractivity contribution < 1.29 is 19.1 Å². The number of aromatic nitrogens is 2. The lowest BCUT2D eigenvalue weighted by Crippen LogP contribution is -2.22. The molecular formula is C12H13N3O4. The molecule has 3 rings (SSSR count). The smallest absolute Gasteiger partial charge is 0.256 e. The fraction of sp³-hybridized carbons (Fsp3) is 0.333. The summed E-state index contributed by atoms with van der Waals surface area (Å²) in [5.41, 5.74) is 5.32. The minimum absolute atomic E-state index is 0.0203. The van der Waals surface area contributed by atoms with Crippen molar-refractivity contribution >= 4 is 0 Å². The lowest BCUT2D eigenvalue weighted by molar-refractivity contribution is 0.0831. The van der Waals surface area contributed by atoms with E-state index in [0.29, 0.717) is 17.3 Å². The van der Waals surface area contributed by atoms with Crippen LogP contribution in [0.2, 0.25) is 0 Å². The summed E-state index contributed by atoms with van der Waals surface area (Å²) in [5, 5.41) is 13.3. The number of hydrogen-bond acceptors (Lipinski definition) is 7. The molecule has 19 heavy (non-hydrogen) atoms. The monoisotopic (exact) mass is 263 g/mol. The lowest BCUT2D eigenvalue weighted by atomic mass is 10.2. The zero-order valence-electron chi connectivity index (χ0n) is 10.0. The molecule has 1 aliphatic heterocycles. The van der Waals surface area contributed by atoms with Gasteiger partial charge in [-0.2, -0.15) is 4.98 Å². The van der Waals surface area contributed by atoms with Crippen LogP contribution >= 0.6 is 0 Å². The SMILES string of the molecule is NCC(O)c1nc(C2COc3ccccc3O2)no1. The molecule has 0 spiro atoms. The highest BCUT2D eigenvalue weighted by Crippen LogP contribution is 2.35. The topological polar surface area (TPSA) is 104 Å². The Balaban J connectivity index is 1.79. The minimum Gasteiger partial charge on any atom is -0.485 e. The zero-order chi connectivity index (χ0) is 13.2. The Hall–Kier alpha value is -2.12.